The van der Waals surface area contributed by atoms with Crippen molar-refractivity contribution in [1.29, 1.82) is 0 Å². The van der Waals surface area contributed by atoms with Crippen LogP contribution < -0.4 is 0 Å². The number of oxime groups is 1. The van der Waals surface area contributed by atoms with Crippen molar-refractivity contribution in [2.45, 2.75) is 19.8 Å². The number of hydrogen-bond acceptors (Lipinski definition) is 7. The van der Waals surface area contributed by atoms with Gasteiger partial charge in [-0.1, -0.05) is 18.1 Å². The summed E-state index contributed by atoms with van der Waals surface area (Å²) >= 11 is 0. The molecule has 0 aliphatic carbocycles. The smallest absolute Gasteiger partial charge is 0.177 e. The minimum Gasteiger partial charge on any atom is -0.411 e. The van der Waals surface area contributed by atoms with Crippen LogP contribution in [-0.2, 0) is 7.05 Å². The van der Waals surface area contributed by atoms with Crippen molar-refractivity contribution in [3.05, 3.63) is 72.1 Å². The van der Waals surface area contributed by atoms with Crippen LogP contribution in [0.15, 0.2) is 60.1 Å². The number of rotatable bonds is 4. The van der Waals surface area contributed by atoms with Gasteiger partial charge < -0.3 is 5.21 Å². The number of fused-ring (bicyclic) bond motifs is 2. The molecule has 154 valence electrons. The summed E-state index contributed by atoms with van der Waals surface area (Å²) in [6.45, 7) is 3.76. The van der Waals surface area contributed by atoms with E-state index in [1.807, 2.05) is 37.8 Å². The quantitative estimate of drug-likeness (QED) is 0.275. The second-order valence-electron chi connectivity index (χ2n) is 7.53. The van der Waals surface area contributed by atoms with Crippen LogP contribution in [0.1, 0.15) is 36.8 Å². The number of hydrogen-bond donors (Lipinski definition) is 1. The average Bonchev–Trinajstić information content (AvgIpc) is 3.43. The third-order valence-electron chi connectivity index (χ3n) is 5.44. The monoisotopic (exact) mass is 412 g/mol. The minimum atomic E-state index is -0.0597. The van der Waals surface area contributed by atoms with Crippen LogP contribution in [0.25, 0.3) is 27.7 Å². The fraction of sp³-hybridized carbons (Fsp3) is 0.182. The van der Waals surface area contributed by atoms with E-state index in [1.165, 1.54) is 0 Å². The molecular formula is C22H20N8O. The summed E-state index contributed by atoms with van der Waals surface area (Å²) in [4.78, 5) is 4.60. The van der Waals surface area contributed by atoms with Gasteiger partial charge >= 0.3 is 0 Å². The zero-order chi connectivity index (χ0) is 21.5. The molecule has 4 aromatic heterocycles. The lowest BCUT2D eigenvalue weighted by Crippen LogP contribution is -2.09. The topological polar surface area (TPSA) is 106 Å². The van der Waals surface area contributed by atoms with Crippen molar-refractivity contribution in [1.82, 2.24) is 34.6 Å². The standard InChI is InChI=1S/C22H20N8O/c1-13(22-26-25-21-7-6-19(14(2)28-31)27-30(21)22)15-4-5-20-16(8-15)9-17(10-23-20)18-11-24-29(3)12-18/h4-13,31H,1-3H3. The first-order chi connectivity index (χ1) is 15.0. The molecule has 31 heavy (non-hydrogen) atoms. The molecule has 0 bridgehead atoms. The van der Waals surface area contributed by atoms with E-state index >= 15 is 0 Å². The van der Waals surface area contributed by atoms with Gasteiger partial charge in [0.1, 0.15) is 11.4 Å². The first kappa shape index (κ1) is 18.9. The molecule has 1 N–H and O–H groups in total. The lowest BCUT2D eigenvalue weighted by atomic mass is 9.98. The van der Waals surface area contributed by atoms with Crippen LogP contribution in [0.2, 0.25) is 0 Å². The van der Waals surface area contributed by atoms with Crippen LogP contribution in [0.4, 0.5) is 0 Å². The van der Waals surface area contributed by atoms with E-state index in [4.69, 9.17) is 5.21 Å². The highest BCUT2D eigenvalue weighted by Gasteiger charge is 2.18. The number of nitrogens with zero attached hydrogens (tertiary/aromatic N) is 8. The number of benzene rings is 1. The van der Waals surface area contributed by atoms with Crippen molar-refractivity contribution in [2.75, 3.05) is 0 Å². The Morgan fingerprint density at radius 2 is 1.94 bits per heavy atom. The maximum absolute atomic E-state index is 9.07. The first-order valence-electron chi connectivity index (χ1n) is 9.83. The molecule has 1 atom stereocenters. The largest absolute Gasteiger partial charge is 0.411 e. The van der Waals surface area contributed by atoms with E-state index in [9.17, 15) is 0 Å². The van der Waals surface area contributed by atoms with Crippen LogP contribution >= 0.6 is 0 Å². The number of aryl methyl sites for hydroxylation is 1. The Labute approximate surface area is 177 Å². The summed E-state index contributed by atoms with van der Waals surface area (Å²) in [7, 11) is 1.90. The Balaban J connectivity index is 1.57. The molecule has 0 aliphatic rings. The maximum atomic E-state index is 9.07. The van der Waals surface area contributed by atoms with Gasteiger partial charge in [-0.2, -0.15) is 14.7 Å². The zero-order valence-electron chi connectivity index (χ0n) is 17.3. The van der Waals surface area contributed by atoms with Gasteiger partial charge in [0.2, 0.25) is 0 Å². The molecule has 9 nitrogen and oxygen atoms in total. The Kier molecular flexibility index (Phi) is 4.43. The van der Waals surface area contributed by atoms with Crippen molar-refractivity contribution in [3.63, 3.8) is 0 Å². The molecular weight excluding hydrogens is 392 g/mol. The van der Waals surface area contributed by atoms with Gasteiger partial charge in [0.15, 0.2) is 11.5 Å². The molecule has 0 aliphatic heterocycles. The Hall–Kier alpha value is -4.14. The molecule has 0 fully saturated rings. The van der Waals surface area contributed by atoms with Gasteiger partial charge in [-0.25, -0.2) is 0 Å². The first-order valence-corrected chi connectivity index (χ1v) is 9.83. The molecule has 4 heterocycles. The highest BCUT2D eigenvalue weighted by atomic mass is 16.4. The molecule has 0 saturated carbocycles. The average molecular weight is 412 g/mol. The third-order valence-corrected chi connectivity index (χ3v) is 5.44. The summed E-state index contributed by atoms with van der Waals surface area (Å²) in [6.07, 6.45) is 5.67. The van der Waals surface area contributed by atoms with Gasteiger partial charge in [0, 0.05) is 41.9 Å². The zero-order valence-corrected chi connectivity index (χ0v) is 17.3. The van der Waals surface area contributed by atoms with Gasteiger partial charge in [-0.05, 0) is 42.8 Å². The summed E-state index contributed by atoms with van der Waals surface area (Å²) in [6, 6.07) is 11.9. The summed E-state index contributed by atoms with van der Waals surface area (Å²) < 4.78 is 3.47. The fourth-order valence-electron chi connectivity index (χ4n) is 3.62. The van der Waals surface area contributed by atoms with Crippen LogP contribution in [0.5, 0.6) is 0 Å². The fourth-order valence-corrected chi connectivity index (χ4v) is 3.62. The van der Waals surface area contributed by atoms with Gasteiger partial charge in [-0.3, -0.25) is 9.67 Å². The molecule has 1 unspecified atom stereocenters. The Morgan fingerprint density at radius 3 is 2.71 bits per heavy atom. The van der Waals surface area contributed by atoms with Crippen molar-refractivity contribution < 1.29 is 5.21 Å². The Morgan fingerprint density at radius 1 is 1.06 bits per heavy atom. The summed E-state index contributed by atoms with van der Waals surface area (Å²) in [5.74, 6) is 0.647. The predicted octanol–water partition coefficient (Wildman–Crippen LogP) is 3.42. The van der Waals surface area contributed by atoms with Crippen LogP contribution in [-0.4, -0.2) is 45.5 Å². The molecule has 5 rings (SSSR count). The SMILES string of the molecule is CC(=NO)c1ccc2nnc(C(C)c3ccc4ncc(-c5cnn(C)c5)cc4c3)n2n1. The van der Waals surface area contributed by atoms with E-state index in [1.54, 1.807) is 22.2 Å². The van der Waals surface area contributed by atoms with Gasteiger partial charge in [0.25, 0.3) is 0 Å². The van der Waals surface area contributed by atoms with Crippen LogP contribution in [0.3, 0.4) is 0 Å². The molecule has 5 aromatic rings. The lowest BCUT2D eigenvalue weighted by Gasteiger charge is -2.11. The molecule has 9 heteroatoms. The lowest BCUT2D eigenvalue weighted by molar-refractivity contribution is 0.319. The highest BCUT2D eigenvalue weighted by Crippen LogP contribution is 2.28. The normalized spacial score (nSPS) is 13.2. The molecule has 0 radical (unpaired) electrons. The van der Waals surface area contributed by atoms with Crippen LogP contribution in [0, 0.1) is 0 Å². The Bertz CT molecular complexity index is 1450. The molecule has 0 saturated heterocycles. The van der Waals surface area contributed by atoms with Crippen molar-refractivity contribution in [2.24, 2.45) is 12.2 Å². The maximum Gasteiger partial charge on any atom is 0.177 e. The second kappa shape index (κ2) is 7.28. The minimum absolute atomic E-state index is 0.0597. The summed E-state index contributed by atoms with van der Waals surface area (Å²) in [5.41, 5.74) is 5.66. The van der Waals surface area contributed by atoms with Gasteiger partial charge in [-0.15, -0.1) is 10.2 Å². The number of aromatic nitrogens is 7. The predicted molar refractivity (Wildman–Crippen MR) is 116 cm³/mol. The van der Waals surface area contributed by atoms with E-state index in [2.05, 4.69) is 55.7 Å². The van der Waals surface area contributed by atoms with Gasteiger partial charge in [0.05, 0.1) is 11.7 Å². The number of pyridine rings is 1. The van der Waals surface area contributed by atoms with E-state index < -0.39 is 0 Å². The third kappa shape index (κ3) is 3.29. The molecule has 0 spiro atoms. The highest BCUT2D eigenvalue weighted by molar-refractivity contribution is 5.96. The van der Waals surface area contributed by atoms with Crippen molar-refractivity contribution in [3.8, 4) is 11.1 Å². The van der Waals surface area contributed by atoms with E-state index in [-0.39, 0.29) is 5.92 Å². The summed E-state index contributed by atoms with van der Waals surface area (Å²) in [5, 5.41) is 30.7. The second-order valence-corrected chi connectivity index (χ2v) is 7.53. The molecule has 0 amide bonds. The van der Waals surface area contributed by atoms with Crippen molar-refractivity contribution >= 4 is 22.3 Å². The van der Waals surface area contributed by atoms with E-state index in [0.717, 1.165) is 27.6 Å². The van der Waals surface area contributed by atoms with E-state index in [0.29, 0.717) is 22.9 Å². The molecule has 1 aromatic carbocycles.